The maximum absolute atomic E-state index is 8.68. The van der Waals surface area contributed by atoms with Crippen LogP contribution >= 0.6 is 0 Å². The van der Waals surface area contributed by atoms with Crippen LogP contribution in [0.4, 0.5) is 0 Å². The summed E-state index contributed by atoms with van der Waals surface area (Å²) in [5.74, 6) is 0. The van der Waals surface area contributed by atoms with Gasteiger partial charge in [-0.05, 0) is 55.8 Å². The van der Waals surface area contributed by atoms with E-state index in [1.165, 1.54) is 19.3 Å². The molecule has 0 spiro atoms. The van der Waals surface area contributed by atoms with Crippen molar-refractivity contribution >= 4 is 0 Å². The molecule has 3 saturated carbocycles. The molecule has 112 valence electrons. The van der Waals surface area contributed by atoms with Gasteiger partial charge in [0.1, 0.15) is 0 Å². The van der Waals surface area contributed by atoms with E-state index in [0.717, 1.165) is 52.1 Å². The van der Waals surface area contributed by atoms with Crippen molar-refractivity contribution in [3.05, 3.63) is 0 Å². The number of unbranched alkanes of at least 4 members (excludes halogenated alkanes) is 2. The lowest BCUT2D eigenvalue weighted by molar-refractivity contribution is -0.253. The molecule has 0 atom stereocenters. The number of hydrogen-bond donors (Lipinski definition) is 2. The number of hydrogen-bond acceptors (Lipinski definition) is 4. The van der Waals surface area contributed by atoms with Gasteiger partial charge in [0.15, 0.2) is 0 Å². The molecule has 0 unspecified atom stereocenters. The molecular weight excluding hydrogens is 244 g/mol. The number of aliphatic hydroxyl groups is 2. The fourth-order valence-corrected chi connectivity index (χ4v) is 3.75. The standard InChI is InChI=1S/C15H28O4/c16-5-1-3-7-18-12-14-9-15(10-14,11-14)13-19-8-4-2-6-17/h16-17H,1-13H2. The summed E-state index contributed by atoms with van der Waals surface area (Å²) in [5, 5.41) is 17.4. The first kappa shape index (κ1) is 15.2. The van der Waals surface area contributed by atoms with Gasteiger partial charge in [-0.3, -0.25) is 0 Å². The van der Waals surface area contributed by atoms with Crippen LogP contribution in [0.3, 0.4) is 0 Å². The second-order valence-electron chi connectivity index (χ2n) is 6.50. The van der Waals surface area contributed by atoms with Crippen molar-refractivity contribution in [2.24, 2.45) is 10.8 Å². The van der Waals surface area contributed by atoms with Crippen LogP contribution in [0.2, 0.25) is 0 Å². The Morgan fingerprint density at radius 1 is 0.684 bits per heavy atom. The maximum atomic E-state index is 8.68. The summed E-state index contributed by atoms with van der Waals surface area (Å²) in [6.07, 6.45) is 7.41. The van der Waals surface area contributed by atoms with Crippen LogP contribution in [-0.4, -0.2) is 49.9 Å². The molecule has 0 heterocycles. The molecule has 2 bridgehead atoms. The van der Waals surface area contributed by atoms with Crippen LogP contribution in [-0.2, 0) is 9.47 Å². The first-order valence-corrected chi connectivity index (χ1v) is 7.62. The van der Waals surface area contributed by atoms with E-state index in [2.05, 4.69) is 0 Å². The van der Waals surface area contributed by atoms with Crippen molar-refractivity contribution < 1.29 is 19.7 Å². The lowest BCUT2D eigenvalue weighted by atomic mass is 9.35. The predicted octanol–water partition coefficient (Wildman–Crippen LogP) is 1.73. The van der Waals surface area contributed by atoms with Gasteiger partial charge in [-0.15, -0.1) is 0 Å². The Bertz CT molecular complexity index is 223. The fourth-order valence-electron chi connectivity index (χ4n) is 3.75. The summed E-state index contributed by atoms with van der Waals surface area (Å²) < 4.78 is 11.4. The van der Waals surface area contributed by atoms with Gasteiger partial charge in [0.05, 0.1) is 13.2 Å². The van der Waals surface area contributed by atoms with Crippen molar-refractivity contribution in [2.75, 3.05) is 39.6 Å². The highest BCUT2D eigenvalue weighted by Gasteiger charge is 2.67. The van der Waals surface area contributed by atoms with Crippen LogP contribution in [0.15, 0.2) is 0 Å². The molecule has 3 aliphatic rings. The maximum Gasteiger partial charge on any atom is 0.0523 e. The highest BCUT2D eigenvalue weighted by molar-refractivity contribution is 5.16. The average Bonchev–Trinajstić information content (AvgIpc) is 2.32. The molecule has 4 nitrogen and oxygen atoms in total. The van der Waals surface area contributed by atoms with Gasteiger partial charge >= 0.3 is 0 Å². The zero-order valence-corrected chi connectivity index (χ0v) is 11.9. The molecule has 0 amide bonds. The smallest absolute Gasteiger partial charge is 0.0523 e. The molecule has 0 aromatic carbocycles. The van der Waals surface area contributed by atoms with E-state index in [9.17, 15) is 0 Å². The lowest BCUT2D eigenvalue weighted by Crippen LogP contribution is -2.65. The topological polar surface area (TPSA) is 58.9 Å². The molecule has 0 radical (unpaired) electrons. The van der Waals surface area contributed by atoms with Crippen LogP contribution in [0.5, 0.6) is 0 Å². The molecule has 3 rings (SSSR count). The second kappa shape index (κ2) is 7.02. The van der Waals surface area contributed by atoms with Gasteiger partial charge in [-0.25, -0.2) is 0 Å². The van der Waals surface area contributed by atoms with Crippen molar-refractivity contribution in [1.82, 2.24) is 0 Å². The van der Waals surface area contributed by atoms with Crippen LogP contribution in [0.25, 0.3) is 0 Å². The fraction of sp³-hybridized carbons (Fsp3) is 1.00. The third-order valence-corrected chi connectivity index (χ3v) is 4.46. The Kier molecular flexibility index (Phi) is 5.63. The van der Waals surface area contributed by atoms with E-state index in [0.29, 0.717) is 10.8 Å². The SMILES string of the molecule is OCCCCOCC12CC(COCCCCO)(C1)C2. The summed E-state index contributed by atoms with van der Waals surface area (Å²) in [5.41, 5.74) is 0.932. The molecule has 0 saturated heterocycles. The molecular formula is C15H28O4. The van der Waals surface area contributed by atoms with Crippen LogP contribution < -0.4 is 0 Å². The molecule has 3 fully saturated rings. The largest absolute Gasteiger partial charge is 0.396 e. The summed E-state index contributed by atoms with van der Waals surface area (Å²) >= 11 is 0. The van der Waals surface area contributed by atoms with E-state index in [1.54, 1.807) is 0 Å². The van der Waals surface area contributed by atoms with E-state index in [4.69, 9.17) is 19.7 Å². The Labute approximate surface area is 116 Å². The van der Waals surface area contributed by atoms with Gasteiger partial charge < -0.3 is 19.7 Å². The summed E-state index contributed by atoms with van der Waals surface area (Å²) in [6, 6.07) is 0. The van der Waals surface area contributed by atoms with Gasteiger partial charge in [0.2, 0.25) is 0 Å². The first-order valence-electron chi connectivity index (χ1n) is 7.62. The van der Waals surface area contributed by atoms with Gasteiger partial charge in [-0.1, -0.05) is 0 Å². The Morgan fingerprint density at radius 2 is 1.11 bits per heavy atom. The quantitative estimate of drug-likeness (QED) is 0.531. The third kappa shape index (κ3) is 3.91. The summed E-state index contributed by atoms with van der Waals surface area (Å²) in [7, 11) is 0. The zero-order valence-electron chi connectivity index (χ0n) is 11.9. The molecule has 4 heteroatoms. The summed E-state index contributed by atoms with van der Waals surface area (Å²) in [4.78, 5) is 0. The van der Waals surface area contributed by atoms with Crippen LogP contribution in [0.1, 0.15) is 44.9 Å². The Morgan fingerprint density at radius 3 is 1.47 bits per heavy atom. The van der Waals surface area contributed by atoms with Crippen molar-refractivity contribution in [1.29, 1.82) is 0 Å². The summed E-state index contributed by atoms with van der Waals surface area (Å²) in [6.45, 7) is 3.89. The number of aliphatic hydroxyl groups excluding tert-OH is 2. The highest BCUT2D eigenvalue weighted by atomic mass is 16.5. The zero-order chi connectivity index (χ0) is 13.6. The third-order valence-electron chi connectivity index (χ3n) is 4.46. The second-order valence-corrected chi connectivity index (χ2v) is 6.50. The van der Waals surface area contributed by atoms with E-state index in [1.807, 2.05) is 0 Å². The normalized spacial score (nSPS) is 31.9. The number of ether oxygens (including phenoxy) is 2. The van der Waals surface area contributed by atoms with Crippen molar-refractivity contribution in [2.45, 2.75) is 44.9 Å². The minimum Gasteiger partial charge on any atom is -0.396 e. The van der Waals surface area contributed by atoms with Gasteiger partial charge in [0.25, 0.3) is 0 Å². The molecule has 3 aliphatic carbocycles. The van der Waals surface area contributed by atoms with Gasteiger partial charge in [-0.2, -0.15) is 0 Å². The molecule has 0 aromatic rings. The molecule has 2 N–H and O–H groups in total. The van der Waals surface area contributed by atoms with Crippen molar-refractivity contribution in [3.8, 4) is 0 Å². The number of rotatable bonds is 12. The lowest BCUT2D eigenvalue weighted by Gasteiger charge is -2.70. The van der Waals surface area contributed by atoms with E-state index >= 15 is 0 Å². The van der Waals surface area contributed by atoms with Crippen molar-refractivity contribution in [3.63, 3.8) is 0 Å². The predicted molar refractivity (Wildman–Crippen MR) is 73.0 cm³/mol. The van der Waals surface area contributed by atoms with Gasteiger partial charge in [0, 0.05) is 26.4 Å². The van der Waals surface area contributed by atoms with Crippen LogP contribution in [0, 0.1) is 10.8 Å². The molecule has 19 heavy (non-hydrogen) atoms. The monoisotopic (exact) mass is 272 g/mol. The minimum atomic E-state index is 0.269. The van der Waals surface area contributed by atoms with E-state index in [-0.39, 0.29) is 13.2 Å². The average molecular weight is 272 g/mol. The first-order chi connectivity index (χ1) is 9.24. The molecule has 0 aliphatic heterocycles. The minimum absolute atomic E-state index is 0.269. The highest BCUT2D eigenvalue weighted by Crippen LogP contribution is 2.73. The Hall–Kier alpha value is -0.160. The van der Waals surface area contributed by atoms with E-state index < -0.39 is 0 Å². The molecule has 0 aromatic heterocycles. The Balaban J connectivity index is 1.45.